The van der Waals surface area contributed by atoms with E-state index in [9.17, 15) is 14.9 Å². The van der Waals surface area contributed by atoms with Gasteiger partial charge < -0.3 is 11.1 Å². The van der Waals surface area contributed by atoms with Crippen molar-refractivity contribution in [2.24, 2.45) is 5.73 Å². The molecule has 0 heterocycles. The molecule has 0 unspecified atom stereocenters. The van der Waals surface area contributed by atoms with Gasteiger partial charge in [0.15, 0.2) is 0 Å². The summed E-state index contributed by atoms with van der Waals surface area (Å²) in [6.07, 6.45) is 1.37. The van der Waals surface area contributed by atoms with Gasteiger partial charge in [0, 0.05) is 17.3 Å². The molecule has 0 aliphatic heterocycles. The van der Waals surface area contributed by atoms with Crippen LogP contribution in [0.2, 0.25) is 0 Å². The quantitative estimate of drug-likeness (QED) is 0.610. The summed E-state index contributed by atoms with van der Waals surface area (Å²) in [4.78, 5) is 21.8. The van der Waals surface area contributed by atoms with Crippen molar-refractivity contribution in [2.45, 2.75) is 25.3 Å². The molecule has 1 aromatic rings. The molecule has 0 spiro atoms. The van der Waals surface area contributed by atoms with Crippen molar-refractivity contribution >= 4 is 17.3 Å². The molecule has 0 radical (unpaired) electrons. The van der Waals surface area contributed by atoms with E-state index in [-0.39, 0.29) is 11.6 Å². The van der Waals surface area contributed by atoms with Gasteiger partial charge in [0.05, 0.1) is 10.5 Å². The minimum Gasteiger partial charge on any atom is -0.324 e. The van der Waals surface area contributed by atoms with E-state index >= 15 is 0 Å². The maximum absolute atomic E-state index is 11.7. The molecule has 1 aliphatic rings. The van der Waals surface area contributed by atoms with Crippen molar-refractivity contribution in [3.63, 3.8) is 0 Å². The zero-order valence-corrected chi connectivity index (χ0v) is 9.40. The first-order valence-corrected chi connectivity index (χ1v) is 5.28. The van der Waals surface area contributed by atoms with Gasteiger partial charge in [-0.15, -0.1) is 0 Å². The fraction of sp³-hybridized carbons (Fsp3) is 0.364. The Morgan fingerprint density at radius 1 is 1.53 bits per heavy atom. The molecule has 0 saturated heterocycles. The van der Waals surface area contributed by atoms with Crippen molar-refractivity contribution in [1.82, 2.24) is 0 Å². The van der Waals surface area contributed by atoms with Gasteiger partial charge in [0.25, 0.3) is 5.69 Å². The molecule has 0 bridgehead atoms. The zero-order chi connectivity index (χ0) is 12.6. The molecule has 1 fully saturated rings. The number of hydrogen-bond acceptors (Lipinski definition) is 4. The van der Waals surface area contributed by atoms with Crippen molar-refractivity contribution in [2.75, 3.05) is 5.32 Å². The van der Waals surface area contributed by atoms with E-state index in [1.54, 1.807) is 13.0 Å². The lowest BCUT2D eigenvalue weighted by Crippen LogP contribution is -2.37. The second-order valence-electron chi connectivity index (χ2n) is 4.37. The summed E-state index contributed by atoms with van der Waals surface area (Å²) in [6.45, 7) is 1.63. The molecule has 1 saturated carbocycles. The highest BCUT2D eigenvalue weighted by Gasteiger charge is 2.45. The van der Waals surface area contributed by atoms with Crippen LogP contribution >= 0.6 is 0 Å². The summed E-state index contributed by atoms with van der Waals surface area (Å²) in [5, 5.41) is 13.3. The normalized spacial score (nSPS) is 16.4. The Morgan fingerprint density at radius 3 is 2.65 bits per heavy atom. The number of hydrogen-bond donors (Lipinski definition) is 2. The highest BCUT2D eigenvalue weighted by Crippen LogP contribution is 2.33. The van der Waals surface area contributed by atoms with Crippen LogP contribution in [0.25, 0.3) is 0 Å². The van der Waals surface area contributed by atoms with Crippen LogP contribution in [0.5, 0.6) is 0 Å². The fourth-order valence-electron chi connectivity index (χ4n) is 1.56. The summed E-state index contributed by atoms with van der Waals surface area (Å²) in [5.41, 5.74) is 6.08. The van der Waals surface area contributed by atoms with Gasteiger partial charge in [0.2, 0.25) is 5.91 Å². The van der Waals surface area contributed by atoms with Crippen LogP contribution in [0.1, 0.15) is 18.4 Å². The minimum atomic E-state index is -0.740. The first-order chi connectivity index (χ1) is 7.92. The largest absolute Gasteiger partial charge is 0.324 e. The number of nitrogens with two attached hydrogens (primary N) is 1. The monoisotopic (exact) mass is 235 g/mol. The molecule has 0 atom stereocenters. The third-order valence-corrected chi connectivity index (χ3v) is 2.89. The summed E-state index contributed by atoms with van der Waals surface area (Å²) in [7, 11) is 0. The van der Waals surface area contributed by atoms with Crippen LogP contribution in [-0.4, -0.2) is 16.4 Å². The van der Waals surface area contributed by atoms with Crippen LogP contribution in [0.4, 0.5) is 11.4 Å². The number of amides is 1. The minimum absolute atomic E-state index is 0.0388. The van der Waals surface area contributed by atoms with Gasteiger partial charge in [-0.3, -0.25) is 14.9 Å². The van der Waals surface area contributed by atoms with Gasteiger partial charge >= 0.3 is 0 Å². The third-order valence-electron chi connectivity index (χ3n) is 2.89. The van der Waals surface area contributed by atoms with E-state index in [4.69, 9.17) is 5.73 Å². The van der Waals surface area contributed by atoms with Gasteiger partial charge in [0.1, 0.15) is 0 Å². The Bertz CT molecular complexity index is 495. The van der Waals surface area contributed by atoms with Crippen LogP contribution in [0, 0.1) is 17.0 Å². The van der Waals surface area contributed by atoms with Crippen molar-refractivity contribution < 1.29 is 9.72 Å². The summed E-state index contributed by atoms with van der Waals surface area (Å²) in [6, 6.07) is 4.46. The molecule has 1 aliphatic carbocycles. The van der Waals surface area contributed by atoms with Crippen molar-refractivity contribution in [1.29, 1.82) is 0 Å². The zero-order valence-electron chi connectivity index (χ0n) is 9.40. The number of nitrogens with zero attached hydrogens (tertiary/aromatic N) is 1. The lowest BCUT2D eigenvalue weighted by Gasteiger charge is -2.10. The van der Waals surface area contributed by atoms with Gasteiger partial charge in [-0.25, -0.2) is 0 Å². The lowest BCUT2D eigenvalue weighted by atomic mass is 10.1. The summed E-state index contributed by atoms with van der Waals surface area (Å²) < 4.78 is 0. The molecule has 17 heavy (non-hydrogen) atoms. The van der Waals surface area contributed by atoms with E-state index in [0.717, 1.165) is 0 Å². The summed E-state index contributed by atoms with van der Waals surface area (Å²) in [5.74, 6) is -0.231. The molecular formula is C11H13N3O3. The van der Waals surface area contributed by atoms with Crippen molar-refractivity contribution in [3.8, 4) is 0 Å². The number of nitro benzene ring substituents is 1. The topological polar surface area (TPSA) is 98.3 Å². The number of rotatable bonds is 3. The van der Waals surface area contributed by atoms with E-state index in [0.29, 0.717) is 24.1 Å². The highest BCUT2D eigenvalue weighted by molar-refractivity contribution is 6.00. The van der Waals surface area contributed by atoms with Crippen LogP contribution in [0.15, 0.2) is 18.2 Å². The average molecular weight is 235 g/mol. The average Bonchev–Trinajstić information content (AvgIpc) is 2.97. The Morgan fingerprint density at radius 2 is 2.18 bits per heavy atom. The van der Waals surface area contributed by atoms with Crippen LogP contribution < -0.4 is 11.1 Å². The molecule has 1 amide bonds. The predicted octanol–water partition coefficient (Wildman–Crippen LogP) is 1.33. The van der Waals surface area contributed by atoms with Gasteiger partial charge in [-0.05, 0) is 31.9 Å². The summed E-state index contributed by atoms with van der Waals surface area (Å²) >= 11 is 0. The van der Waals surface area contributed by atoms with Crippen molar-refractivity contribution in [3.05, 3.63) is 33.9 Å². The second kappa shape index (κ2) is 3.81. The molecule has 90 valence electrons. The highest BCUT2D eigenvalue weighted by atomic mass is 16.6. The fourth-order valence-corrected chi connectivity index (χ4v) is 1.56. The Balaban J connectivity index is 2.15. The Kier molecular flexibility index (Phi) is 2.59. The molecule has 3 N–H and O–H groups in total. The number of carbonyl (C=O) groups excluding carboxylic acids is 1. The van der Waals surface area contributed by atoms with E-state index in [1.165, 1.54) is 12.1 Å². The first-order valence-electron chi connectivity index (χ1n) is 5.28. The number of carbonyl (C=O) groups is 1. The number of aryl methyl sites for hydroxylation is 1. The molecule has 6 nitrogen and oxygen atoms in total. The molecule has 1 aromatic carbocycles. The van der Waals surface area contributed by atoms with E-state index in [1.807, 2.05) is 0 Å². The molecule has 0 aromatic heterocycles. The number of benzene rings is 1. The second-order valence-corrected chi connectivity index (χ2v) is 4.37. The predicted molar refractivity (Wildman–Crippen MR) is 62.6 cm³/mol. The van der Waals surface area contributed by atoms with E-state index in [2.05, 4.69) is 5.32 Å². The molecule has 2 rings (SSSR count). The first kappa shape index (κ1) is 11.5. The number of nitro groups is 1. The van der Waals surface area contributed by atoms with Crippen LogP contribution in [0.3, 0.4) is 0 Å². The number of nitrogens with one attached hydrogen (secondary N) is 1. The third kappa shape index (κ3) is 2.26. The van der Waals surface area contributed by atoms with E-state index < -0.39 is 10.5 Å². The smallest absolute Gasteiger partial charge is 0.272 e. The maximum atomic E-state index is 11.7. The molecule has 6 heteroatoms. The number of anilines is 1. The Labute approximate surface area is 98.0 Å². The molecular weight excluding hydrogens is 222 g/mol. The van der Waals surface area contributed by atoms with Crippen LogP contribution in [-0.2, 0) is 4.79 Å². The lowest BCUT2D eigenvalue weighted by molar-refractivity contribution is -0.385. The standard InChI is InChI=1S/C11H13N3O3/c1-7-6-8(2-3-9(7)14(16)17)13-10(15)11(12)4-5-11/h2-3,6H,4-5,12H2,1H3,(H,13,15). The SMILES string of the molecule is Cc1cc(NC(=O)C2(N)CC2)ccc1[N+](=O)[O-]. The van der Waals surface area contributed by atoms with Gasteiger partial charge in [-0.2, -0.15) is 0 Å². The van der Waals surface area contributed by atoms with Gasteiger partial charge in [-0.1, -0.05) is 0 Å². The maximum Gasteiger partial charge on any atom is 0.272 e. The Hall–Kier alpha value is -1.95.